The van der Waals surface area contributed by atoms with Gasteiger partial charge in [0.25, 0.3) is 0 Å². The fourth-order valence-corrected chi connectivity index (χ4v) is 2.33. The fourth-order valence-electron chi connectivity index (χ4n) is 2.15. The molecule has 1 aliphatic rings. The van der Waals surface area contributed by atoms with Crippen LogP contribution in [0.3, 0.4) is 0 Å². The number of benzene rings is 1. The minimum atomic E-state index is -0.0137. The fraction of sp³-hybridized carbons (Fsp3) is 0.500. The predicted octanol–water partition coefficient (Wildman–Crippen LogP) is 2.74. The summed E-state index contributed by atoms with van der Waals surface area (Å²) in [7, 11) is 2.08. The second kappa shape index (κ2) is 6.26. The maximum atomic E-state index is 11.9. The number of anilines is 2. The van der Waals surface area contributed by atoms with Gasteiger partial charge in [-0.05, 0) is 38.1 Å². The lowest BCUT2D eigenvalue weighted by Gasteiger charge is -2.34. The summed E-state index contributed by atoms with van der Waals surface area (Å²) in [6, 6.07) is 5.74. The Morgan fingerprint density at radius 1 is 1.53 bits per heavy atom. The molecule has 0 radical (unpaired) electrons. The molecule has 1 aliphatic carbocycles. The Hall–Kier alpha value is -1.26. The van der Waals surface area contributed by atoms with Gasteiger partial charge < -0.3 is 16.0 Å². The SMILES string of the molecule is CN(CCC(=O)Nc1ccc(Cl)cc1N)C1CCC1. The summed E-state index contributed by atoms with van der Waals surface area (Å²) in [5.41, 5.74) is 6.91. The van der Waals surface area contributed by atoms with Crippen molar-refractivity contribution in [1.82, 2.24) is 4.90 Å². The Kier molecular flexibility index (Phi) is 4.66. The number of rotatable bonds is 5. The van der Waals surface area contributed by atoms with Gasteiger partial charge in [-0.2, -0.15) is 0 Å². The van der Waals surface area contributed by atoms with Crippen LogP contribution >= 0.6 is 11.6 Å². The maximum absolute atomic E-state index is 11.9. The van der Waals surface area contributed by atoms with Crippen LogP contribution in [0.25, 0.3) is 0 Å². The van der Waals surface area contributed by atoms with E-state index in [0.29, 0.717) is 28.9 Å². The van der Waals surface area contributed by atoms with Gasteiger partial charge in [0, 0.05) is 24.0 Å². The average molecular weight is 282 g/mol. The van der Waals surface area contributed by atoms with Crippen LogP contribution in [0.5, 0.6) is 0 Å². The Bertz CT molecular complexity index is 460. The third-order valence-corrected chi connectivity index (χ3v) is 3.91. The second-order valence-electron chi connectivity index (χ2n) is 5.10. The molecular weight excluding hydrogens is 262 g/mol. The molecule has 1 fully saturated rings. The van der Waals surface area contributed by atoms with Gasteiger partial charge in [0.1, 0.15) is 0 Å². The van der Waals surface area contributed by atoms with Crippen LogP contribution in [0.15, 0.2) is 18.2 Å². The number of carbonyl (C=O) groups is 1. The lowest BCUT2D eigenvalue weighted by molar-refractivity contribution is -0.116. The first kappa shape index (κ1) is 14.2. The van der Waals surface area contributed by atoms with E-state index in [1.54, 1.807) is 18.2 Å². The summed E-state index contributed by atoms with van der Waals surface area (Å²) in [6.45, 7) is 0.782. The molecule has 0 heterocycles. The molecule has 0 bridgehead atoms. The molecule has 104 valence electrons. The van der Waals surface area contributed by atoms with Crippen molar-refractivity contribution in [2.75, 3.05) is 24.6 Å². The van der Waals surface area contributed by atoms with Gasteiger partial charge in [-0.1, -0.05) is 18.0 Å². The van der Waals surface area contributed by atoms with Gasteiger partial charge in [-0.15, -0.1) is 0 Å². The molecule has 0 aromatic heterocycles. The number of carbonyl (C=O) groups excluding carboxylic acids is 1. The summed E-state index contributed by atoms with van der Waals surface area (Å²) in [4.78, 5) is 14.1. The van der Waals surface area contributed by atoms with Crippen molar-refractivity contribution in [3.05, 3.63) is 23.2 Å². The van der Waals surface area contributed by atoms with Crippen molar-refractivity contribution in [2.45, 2.75) is 31.7 Å². The highest BCUT2D eigenvalue weighted by molar-refractivity contribution is 6.31. The van der Waals surface area contributed by atoms with Crippen molar-refractivity contribution < 1.29 is 4.79 Å². The molecule has 0 aliphatic heterocycles. The van der Waals surface area contributed by atoms with E-state index in [4.69, 9.17) is 17.3 Å². The number of halogens is 1. The first-order valence-electron chi connectivity index (χ1n) is 6.61. The molecule has 3 N–H and O–H groups in total. The number of amides is 1. The molecule has 4 nitrogen and oxygen atoms in total. The van der Waals surface area contributed by atoms with E-state index in [1.165, 1.54) is 19.3 Å². The Morgan fingerprint density at radius 3 is 2.84 bits per heavy atom. The minimum absolute atomic E-state index is 0.0137. The number of nitrogen functional groups attached to an aromatic ring is 1. The summed E-state index contributed by atoms with van der Waals surface area (Å²) < 4.78 is 0. The largest absolute Gasteiger partial charge is 0.397 e. The number of hydrogen-bond acceptors (Lipinski definition) is 3. The van der Waals surface area contributed by atoms with E-state index < -0.39 is 0 Å². The van der Waals surface area contributed by atoms with Gasteiger partial charge in [0.15, 0.2) is 0 Å². The van der Waals surface area contributed by atoms with Crippen molar-refractivity contribution in [1.29, 1.82) is 0 Å². The zero-order chi connectivity index (χ0) is 13.8. The summed E-state index contributed by atoms with van der Waals surface area (Å²) in [5.74, 6) is -0.0137. The standard InChI is InChI=1S/C14H20ClN3O/c1-18(11-3-2-4-11)8-7-14(19)17-13-6-5-10(15)9-12(13)16/h5-6,9,11H,2-4,7-8,16H2,1H3,(H,17,19). The first-order chi connectivity index (χ1) is 9.06. The number of nitrogens with two attached hydrogens (primary N) is 1. The summed E-state index contributed by atoms with van der Waals surface area (Å²) >= 11 is 5.81. The number of nitrogens with one attached hydrogen (secondary N) is 1. The van der Waals surface area contributed by atoms with E-state index in [2.05, 4.69) is 17.3 Å². The molecule has 5 heteroatoms. The average Bonchev–Trinajstić information content (AvgIpc) is 2.28. The van der Waals surface area contributed by atoms with Gasteiger partial charge in [0.2, 0.25) is 5.91 Å². The maximum Gasteiger partial charge on any atom is 0.225 e. The van der Waals surface area contributed by atoms with Gasteiger partial charge in [-0.25, -0.2) is 0 Å². The van der Waals surface area contributed by atoms with Crippen molar-refractivity contribution in [2.24, 2.45) is 0 Å². The summed E-state index contributed by atoms with van der Waals surface area (Å²) in [5, 5.41) is 3.39. The van der Waals surface area contributed by atoms with E-state index >= 15 is 0 Å². The first-order valence-corrected chi connectivity index (χ1v) is 6.99. The van der Waals surface area contributed by atoms with Crippen molar-refractivity contribution in [3.63, 3.8) is 0 Å². The molecule has 0 saturated heterocycles. The second-order valence-corrected chi connectivity index (χ2v) is 5.53. The van der Waals surface area contributed by atoms with Gasteiger partial charge in [0.05, 0.1) is 11.4 Å². The normalized spacial score (nSPS) is 15.3. The van der Waals surface area contributed by atoms with Crippen LogP contribution in [0, 0.1) is 0 Å². The highest BCUT2D eigenvalue weighted by atomic mass is 35.5. The smallest absolute Gasteiger partial charge is 0.225 e. The lowest BCUT2D eigenvalue weighted by atomic mass is 9.92. The van der Waals surface area contributed by atoms with Crippen LogP contribution < -0.4 is 11.1 Å². The highest BCUT2D eigenvalue weighted by Crippen LogP contribution is 2.24. The Balaban J connectivity index is 1.80. The van der Waals surface area contributed by atoms with Crippen LogP contribution in [0.1, 0.15) is 25.7 Å². The Morgan fingerprint density at radius 2 is 2.26 bits per heavy atom. The zero-order valence-electron chi connectivity index (χ0n) is 11.2. The van der Waals surface area contributed by atoms with E-state index in [0.717, 1.165) is 6.54 Å². The van der Waals surface area contributed by atoms with E-state index in [-0.39, 0.29) is 5.91 Å². The monoisotopic (exact) mass is 281 g/mol. The molecule has 0 atom stereocenters. The lowest BCUT2D eigenvalue weighted by Crippen LogP contribution is -2.38. The molecule has 0 spiro atoms. The quantitative estimate of drug-likeness (QED) is 0.816. The highest BCUT2D eigenvalue weighted by Gasteiger charge is 2.22. The number of nitrogens with zero attached hydrogens (tertiary/aromatic N) is 1. The van der Waals surface area contributed by atoms with Crippen molar-refractivity contribution in [3.8, 4) is 0 Å². The molecular formula is C14H20ClN3O. The molecule has 1 aromatic rings. The zero-order valence-corrected chi connectivity index (χ0v) is 11.9. The molecule has 2 rings (SSSR count). The van der Waals surface area contributed by atoms with Crippen LogP contribution in [-0.2, 0) is 4.79 Å². The minimum Gasteiger partial charge on any atom is -0.397 e. The van der Waals surface area contributed by atoms with E-state index in [1.807, 2.05) is 0 Å². The van der Waals surface area contributed by atoms with Crippen LogP contribution in [-0.4, -0.2) is 30.4 Å². The molecule has 0 unspecified atom stereocenters. The van der Waals surface area contributed by atoms with Gasteiger partial charge >= 0.3 is 0 Å². The Labute approximate surface area is 118 Å². The topological polar surface area (TPSA) is 58.4 Å². The third kappa shape index (κ3) is 3.85. The molecule has 19 heavy (non-hydrogen) atoms. The predicted molar refractivity (Wildman–Crippen MR) is 79.4 cm³/mol. The van der Waals surface area contributed by atoms with Crippen LogP contribution in [0.2, 0.25) is 5.02 Å². The molecule has 1 aromatic carbocycles. The molecule has 1 saturated carbocycles. The van der Waals surface area contributed by atoms with Gasteiger partial charge in [-0.3, -0.25) is 4.79 Å². The van der Waals surface area contributed by atoms with Crippen molar-refractivity contribution >= 4 is 28.9 Å². The molecule has 1 amide bonds. The van der Waals surface area contributed by atoms with Crippen LogP contribution in [0.4, 0.5) is 11.4 Å². The van der Waals surface area contributed by atoms with E-state index in [9.17, 15) is 4.79 Å². The third-order valence-electron chi connectivity index (χ3n) is 3.68. The number of hydrogen-bond donors (Lipinski definition) is 2. The summed E-state index contributed by atoms with van der Waals surface area (Å²) in [6.07, 6.45) is 4.29.